The first-order valence-corrected chi connectivity index (χ1v) is 8.63. The SMILES string of the molecule is Nc1cc(Nc2c(F)cccc2F)c2nc([C@H]3CC[C@H](N)CC3)cn2n1. The molecule has 1 aliphatic rings. The summed E-state index contributed by atoms with van der Waals surface area (Å²) in [6, 6.07) is 5.46. The molecular formula is C18H20F2N6. The zero-order chi connectivity index (χ0) is 18.3. The minimum absolute atomic E-state index is 0.228. The van der Waals surface area contributed by atoms with Gasteiger partial charge in [-0.25, -0.2) is 18.3 Å². The summed E-state index contributed by atoms with van der Waals surface area (Å²) in [5.41, 5.74) is 13.4. The van der Waals surface area contributed by atoms with Crippen molar-refractivity contribution in [1.29, 1.82) is 0 Å². The first-order chi connectivity index (χ1) is 12.5. The van der Waals surface area contributed by atoms with Gasteiger partial charge >= 0.3 is 0 Å². The van der Waals surface area contributed by atoms with Crippen molar-refractivity contribution in [2.75, 3.05) is 11.1 Å². The number of halogens is 2. The van der Waals surface area contributed by atoms with Gasteiger partial charge in [-0.1, -0.05) is 6.07 Å². The Balaban J connectivity index is 1.73. The molecule has 0 atom stereocenters. The van der Waals surface area contributed by atoms with E-state index in [1.165, 1.54) is 24.3 Å². The molecule has 6 nitrogen and oxygen atoms in total. The van der Waals surface area contributed by atoms with Gasteiger partial charge in [0.2, 0.25) is 0 Å². The Labute approximate surface area is 149 Å². The van der Waals surface area contributed by atoms with Crippen molar-refractivity contribution in [2.24, 2.45) is 5.73 Å². The Morgan fingerprint density at radius 1 is 1.12 bits per heavy atom. The number of benzene rings is 1. The van der Waals surface area contributed by atoms with E-state index < -0.39 is 11.6 Å². The van der Waals surface area contributed by atoms with Crippen molar-refractivity contribution < 1.29 is 8.78 Å². The summed E-state index contributed by atoms with van der Waals surface area (Å²) in [6.45, 7) is 0. The number of para-hydroxylation sites is 1. The standard InChI is InChI=1S/C18H20F2N6/c19-12-2-1-3-13(20)17(12)23-14-8-16(22)25-26-9-15(24-18(14)26)10-4-6-11(21)7-5-10/h1-3,8-11,23H,4-7,21H2,(H2,22,25)/t10-,11-. The van der Waals surface area contributed by atoms with Crippen molar-refractivity contribution >= 4 is 22.8 Å². The maximum Gasteiger partial charge on any atom is 0.177 e. The second-order valence-corrected chi connectivity index (χ2v) is 6.75. The monoisotopic (exact) mass is 358 g/mol. The van der Waals surface area contributed by atoms with Gasteiger partial charge < -0.3 is 16.8 Å². The number of fused-ring (bicyclic) bond motifs is 1. The van der Waals surface area contributed by atoms with Gasteiger partial charge in [0.1, 0.15) is 23.1 Å². The number of nitrogens with zero attached hydrogens (tertiary/aromatic N) is 3. The number of hydrogen-bond acceptors (Lipinski definition) is 5. The zero-order valence-electron chi connectivity index (χ0n) is 14.1. The maximum atomic E-state index is 14.0. The third-order valence-corrected chi connectivity index (χ3v) is 4.88. The third-order valence-electron chi connectivity index (χ3n) is 4.88. The predicted molar refractivity (Wildman–Crippen MR) is 96.2 cm³/mol. The van der Waals surface area contributed by atoms with E-state index in [9.17, 15) is 8.78 Å². The van der Waals surface area contributed by atoms with Crippen LogP contribution in [0.2, 0.25) is 0 Å². The number of nitrogens with one attached hydrogen (secondary N) is 1. The minimum Gasteiger partial charge on any atom is -0.382 e. The van der Waals surface area contributed by atoms with Gasteiger partial charge in [-0.3, -0.25) is 0 Å². The fraction of sp³-hybridized carbons (Fsp3) is 0.333. The number of anilines is 3. The van der Waals surface area contributed by atoms with Crippen molar-refractivity contribution in [3.63, 3.8) is 0 Å². The summed E-state index contributed by atoms with van der Waals surface area (Å²) >= 11 is 0. The highest BCUT2D eigenvalue weighted by atomic mass is 19.1. The fourth-order valence-electron chi connectivity index (χ4n) is 3.47. The van der Waals surface area contributed by atoms with Crippen molar-refractivity contribution in [3.8, 4) is 0 Å². The summed E-state index contributed by atoms with van der Waals surface area (Å²) in [5.74, 6) is -0.847. The predicted octanol–water partition coefficient (Wildman–Crippen LogP) is 3.32. The highest BCUT2D eigenvalue weighted by Crippen LogP contribution is 2.33. The van der Waals surface area contributed by atoms with Gasteiger partial charge in [0.05, 0.1) is 17.6 Å². The second-order valence-electron chi connectivity index (χ2n) is 6.75. The Morgan fingerprint density at radius 2 is 1.81 bits per heavy atom. The van der Waals surface area contributed by atoms with Gasteiger partial charge in [-0.05, 0) is 37.8 Å². The second kappa shape index (κ2) is 6.53. The van der Waals surface area contributed by atoms with Crippen LogP contribution in [0.3, 0.4) is 0 Å². The maximum absolute atomic E-state index is 14.0. The molecule has 4 rings (SSSR count). The van der Waals surface area contributed by atoms with Crippen LogP contribution in [0.4, 0.5) is 26.0 Å². The van der Waals surface area contributed by atoms with E-state index >= 15 is 0 Å². The number of hydrogen-bond donors (Lipinski definition) is 3. The molecule has 0 bridgehead atoms. The topological polar surface area (TPSA) is 94.3 Å². The van der Waals surface area contributed by atoms with Crippen molar-refractivity contribution in [1.82, 2.24) is 14.6 Å². The fourth-order valence-corrected chi connectivity index (χ4v) is 3.47. The van der Waals surface area contributed by atoms with E-state index in [0.717, 1.165) is 31.4 Å². The van der Waals surface area contributed by atoms with Crippen LogP contribution < -0.4 is 16.8 Å². The number of imidazole rings is 1. The van der Waals surface area contributed by atoms with Gasteiger partial charge in [-0.15, -0.1) is 5.10 Å². The molecule has 2 heterocycles. The molecule has 0 spiro atoms. The summed E-state index contributed by atoms with van der Waals surface area (Å²) in [5, 5.41) is 7.01. The molecule has 0 aliphatic heterocycles. The Bertz CT molecular complexity index is 926. The van der Waals surface area contributed by atoms with Crippen LogP contribution >= 0.6 is 0 Å². The molecule has 0 saturated heterocycles. The molecule has 1 aliphatic carbocycles. The Morgan fingerprint density at radius 3 is 2.50 bits per heavy atom. The smallest absolute Gasteiger partial charge is 0.177 e. The average molecular weight is 358 g/mol. The van der Waals surface area contributed by atoms with Gasteiger partial charge in [0, 0.05) is 18.0 Å². The molecule has 2 aromatic heterocycles. The normalized spacial score (nSPS) is 20.4. The zero-order valence-corrected chi connectivity index (χ0v) is 14.1. The summed E-state index contributed by atoms with van der Waals surface area (Å²) in [6.07, 6.45) is 5.67. The van der Waals surface area contributed by atoms with E-state index in [0.29, 0.717) is 17.3 Å². The quantitative estimate of drug-likeness (QED) is 0.668. The first kappa shape index (κ1) is 16.7. The van der Waals surface area contributed by atoms with Crippen LogP contribution in [-0.4, -0.2) is 20.6 Å². The van der Waals surface area contributed by atoms with E-state index in [2.05, 4.69) is 15.4 Å². The number of nitrogen functional groups attached to an aromatic ring is 1. The van der Waals surface area contributed by atoms with Gasteiger partial charge in [0.25, 0.3) is 0 Å². The Kier molecular flexibility index (Phi) is 4.20. The van der Waals surface area contributed by atoms with Crippen LogP contribution in [0, 0.1) is 11.6 Å². The van der Waals surface area contributed by atoms with Crippen molar-refractivity contribution in [3.05, 3.63) is 47.8 Å². The summed E-state index contributed by atoms with van der Waals surface area (Å²) in [7, 11) is 0. The highest BCUT2D eigenvalue weighted by molar-refractivity contribution is 5.76. The molecule has 1 fully saturated rings. The molecule has 26 heavy (non-hydrogen) atoms. The lowest BCUT2D eigenvalue weighted by molar-refractivity contribution is 0.391. The van der Waals surface area contributed by atoms with E-state index in [1.807, 2.05) is 6.20 Å². The van der Waals surface area contributed by atoms with Crippen LogP contribution in [0.15, 0.2) is 30.5 Å². The van der Waals surface area contributed by atoms with Crippen LogP contribution in [0.25, 0.3) is 5.65 Å². The molecule has 0 unspecified atom stereocenters. The largest absolute Gasteiger partial charge is 0.382 e. The third kappa shape index (κ3) is 3.08. The summed E-state index contributed by atoms with van der Waals surface area (Å²) in [4.78, 5) is 4.65. The van der Waals surface area contributed by atoms with Crippen LogP contribution in [0.5, 0.6) is 0 Å². The lowest BCUT2D eigenvalue weighted by atomic mass is 9.85. The van der Waals surface area contributed by atoms with Crippen molar-refractivity contribution in [2.45, 2.75) is 37.6 Å². The van der Waals surface area contributed by atoms with Crippen LogP contribution in [-0.2, 0) is 0 Å². The molecule has 136 valence electrons. The van der Waals surface area contributed by atoms with Gasteiger partial charge in [-0.2, -0.15) is 0 Å². The molecule has 0 amide bonds. The molecule has 1 saturated carbocycles. The van der Waals surface area contributed by atoms with Crippen LogP contribution in [0.1, 0.15) is 37.3 Å². The lowest BCUT2D eigenvalue weighted by Gasteiger charge is -2.24. The molecular weight excluding hydrogens is 338 g/mol. The summed E-state index contributed by atoms with van der Waals surface area (Å²) < 4.78 is 29.5. The molecule has 0 radical (unpaired) electrons. The minimum atomic E-state index is -0.688. The Hall–Kier alpha value is -2.74. The molecule has 1 aromatic carbocycles. The lowest BCUT2D eigenvalue weighted by Crippen LogP contribution is -2.25. The number of aromatic nitrogens is 3. The average Bonchev–Trinajstić information content (AvgIpc) is 3.02. The highest BCUT2D eigenvalue weighted by Gasteiger charge is 2.23. The van der Waals surface area contributed by atoms with E-state index in [1.54, 1.807) is 4.52 Å². The van der Waals surface area contributed by atoms with Gasteiger partial charge in [0.15, 0.2) is 5.65 Å². The first-order valence-electron chi connectivity index (χ1n) is 8.63. The molecule has 8 heteroatoms. The molecule has 3 aromatic rings. The number of rotatable bonds is 3. The number of nitrogens with two attached hydrogens (primary N) is 2. The van der Waals surface area contributed by atoms with E-state index in [-0.39, 0.29) is 17.5 Å². The van der Waals surface area contributed by atoms with E-state index in [4.69, 9.17) is 11.5 Å². The molecule has 5 N–H and O–H groups in total.